The Morgan fingerprint density at radius 3 is 2.08 bits per heavy atom. The highest BCUT2D eigenvalue weighted by Gasteiger charge is 2.65. The van der Waals surface area contributed by atoms with Crippen LogP contribution < -0.4 is 5.56 Å². The smallest absolute Gasteiger partial charge is 0.312 e. The van der Waals surface area contributed by atoms with Gasteiger partial charge in [0.1, 0.15) is 4.90 Å². The SMILES string of the molecule is CC(C)CC(C)(C(=O)OCCCCCCn1c(=O)ccn(-c2ccc(S(F)(F)(F)(F)F)cc2)c1=S)C(C)C. The number of halogens is 5. The lowest BCUT2D eigenvalue weighted by atomic mass is 9.73. The minimum Gasteiger partial charge on any atom is -0.465 e. The molecule has 5 nitrogen and oxygen atoms in total. The van der Waals surface area contributed by atoms with Crippen molar-refractivity contribution in [2.24, 2.45) is 17.3 Å². The molecule has 2 rings (SSSR count). The second kappa shape index (κ2) is 11.1. The molecule has 0 radical (unpaired) electrons. The van der Waals surface area contributed by atoms with Crippen molar-refractivity contribution in [3.63, 3.8) is 0 Å². The highest BCUT2D eigenvalue weighted by atomic mass is 32.5. The maximum atomic E-state index is 13.0. The molecule has 1 aromatic carbocycles. The number of hydrogen-bond acceptors (Lipinski definition) is 4. The first-order valence-electron chi connectivity index (χ1n) is 12.6. The average Bonchev–Trinajstić information content (AvgIpc) is 2.78. The minimum atomic E-state index is -9.78. The van der Waals surface area contributed by atoms with Gasteiger partial charge >= 0.3 is 16.2 Å². The molecule has 0 aliphatic carbocycles. The van der Waals surface area contributed by atoms with Gasteiger partial charge in [0.05, 0.1) is 12.0 Å². The van der Waals surface area contributed by atoms with Crippen LogP contribution in [0.3, 0.4) is 0 Å². The van der Waals surface area contributed by atoms with Crippen LogP contribution in [-0.4, -0.2) is 21.7 Å². The highest BCUT2D eigenvalue weighted by Crippen LogP contribution is 3.02. The van der Waals surface area contributed by atoms with Gasteiger partial charge in [-0.15, -0.1) is 0 Å². The molecule has 12 heteroatoms. The van der Waals surface area contributed by atoms with Gasteiger partial charge in [0.25, 0.3) is 5.56 Å². The van der Waals surface area contributed by atoms with Crippen LogP contribution in [0.15, 0.2) is 46.2 Å². The van der Waals surface area contributed by atoms with Crippen molar-refractivity contribution in [2.75, 3.05) is 6.61 Å². The van der Waals surface area contributed by atoms with Crippen LogP contribution in [0.4, 0.5) is 19.4 Å². The molecule has 1 unspecified atom stereocenters. The second-order valence-corrected chi connectivity index (χ2v) is 13.4. The lowest BCUT2D eigenvalue weighted by molar-refractivity contribution is -0.159. The van der Waals surface area contributed by atoms with Gasteiger partial charge < -0.3 is 4.74 Å². The molecule has 0 aliphatic rings. The molecule has 1 aromatic heterocycles. The Morgan fingerprint density at radius 1 is 0.974 bits per heavy atom. The molecule has 2 aromatic rings. The summed E-state index contributed by atoms with van der Waals surface area (Å²) in [6.07, 6.45) is 4.82. The Morgan fingerprint density at radius 2 is 1.55 bits per heavy atom. The van der Waals surface area contributed by atoms with Gasteiger partial charge in [-0.05, 0) is 80.9 Å². The number of ether oxygens (including phenoxy) is 1. The van der Waals surface area contributed by atoms with Gasteiger partial charge in [0.2, 0.25) is 0 Å². The zero-order valence-corrected chi connectivity index (χ0v) is 24.0. The summed E-state index contributed by atoms with van der Waals surface area (Å²) in [5, 5.41) is 0. The summed E-state index contributed by atoms with van der Waals surface area (Å²) in [6, 6.07) is 3.63. The number of carbonyl (C=O) groups is 1. The Kier molecular flexibility index (Phi) is 9.36. The Balaban J connectivity index is 1.95. The fraction of sp³-hybridized carbons (Fsp3) is 0.577. The van der Waals surface area contributed by atoms with Crippen molar-refractivity contribution in [1.82, 2.24) is 9.13 Å². The Labute approximate surface area is 225 Å². The van der Waals surface area contributed by atoms with Crippen molar-refractivity contribution in [1.29, 1.82) is 0 Å². The summed E-state index contributed by atoms with van der Waals surface area (Å²) in [4.78, 5) is 23.0. The summed E-state index contributed by atoms with van der Waals surface area (Å²) in [5.41, 5.74) is -0.781. The number of nitrogens with zero attached hydrogens (tertiary/aromatic N) is 2. The Bertz CT molecular complexity index is 1240. The monoisotopic (exact) mass is 584 g/mol. The van der Waals surface area contributed by atoms with E-state index in [1.165, 1.54) is 21.4 Å². The van der Waals surface area contributed by atoms with Crippen LogP contribution in [0.25, 0.3) is 5.69 Å². The van der Waals surface area contributed by atoms with E-state index in [9.17, 15) is 29.0 Å². The summed E-state index contributed by atoms with van der Waals surface area (Å²) in [7, 11) is -9.78. The number of unbranched alkanes of at least 4 members (excludes halogenated alkanes) is 3. The predicted octanol–water partition coefficient (Wildman–Crippen LogP) is 8.84. The third-order valence-corrected chi connectivity index (χ3v) is 8.29. The van der Waals surface area contributed by atoms with E-state index in [1.54, 1.807) is 0 Å². The van der Waals surface area contributed by atoms with Gasteiger partial charge in [-0.2, -0.15) is 0 Å². The normalized spacial score (nSPS) is 15.7. The zero-order valence-electron chi connectivity index (χ0n) is 22.4. The lowest BCUT2D eigenvalue weighted by Crippen LogP contribution is -2.36. The lowest BCUT2D eigenvalue weighted by Gasteiger charge is -2.40. The van der Waals surface area contributed by atoms with Gasteiger partial charge in [-0.3, -0.25) is 18.7 Å². The fourth-order valence-corrected chi connectivity index (χ4v) is 5.24. The summed E-state index contributed by atoms with van der Waals surface area (Å²) < 4.78 is 73.2. The van der Waals surface area contributed by atoms with Crippen LogP contribution >= 0.6 is 22.4 Å². The number of benzene rings is 1. The Hall–Kier alpha value is -2.21. The van der Waals surface area contributed by atoms with E-state index in [0.29, 0.717) is 37.5 Å². The van der Waals surface area contributed by atoms with E-state index in [4.69, 9.17) is 17.0 Å². The maximum absolute atomic E-state index is 13.0. The van der Waals surface area contributed by atoms with E-state index < -0.39 is 20.5 Å². The van der Waals surface area contributed by atoms with Crippen molar-refractivity contribution in [2.45, 2.75) is 78.2 Å². The van der Waals surface area contributed by atoms with Gasteiger partial charge in [0.15, 0.2) is 4.77 Å². The number of rotatable bonds is 13. The molecule has 0 bridgehead atoms. The average molecular weight is 585 g/mol. The number of hydrogen-bond donors (Lipinski definition) is 0. The quantitative estimate of drug-likeness (QED) is 0.102. The molecule has 0 spiro atoms. The first kappa shape index (κ1) is 32.0. The number of carbonyl (C=O) groups excluding carboxylic acids is 1. The largest absolute Gasteiger partial charge is 0.465 e. The van der Waals surface area contributed by atoms with E-state index >= 15 is 0 Å². The molecular weight excluding hydrogens is 547 g/mol. The molecular formula is C26H37F5N2O3S2. The van der Waals surface area contributed by atoms with E-state index in [1.807, 2.05) is 20.8 Å². The zero-order chi connectivity index (χ0) is 29.0. The molecule has 216 valence electrons. The molecule has 0 aliphatic heterocycles. The van der Waals surface area contributed by atoms with E-state index in [0.717, 1.165) is 31.4 Å². The molecule has 0 saturated carbocycles. The van der Waals surface area contributed by atoms with Crippen LogP contribution in [0.5, 0.6) is 0 Å². The highest BCUT2D eigenvalue weighted by molar-refractivity contribution is 8.45. The van der Waals surface area contributed by atoms with Gasteiger partial charge in [-0.1, -0.05) is 53.5 Å². The fourth-order valence-electron chi connectivity index (χ4n) is 4.24. The number of aromatic nitrogens is 2. The van der Waals surface area contributed by atoms with E-state index in [2.05, 4.69) is 13.8 Å². The molecule has 1 atom stereocenters. The minimum absolute atomic E-state index is 0.0460. The number of esters is 1. The van der Waals surface area contributed by atoms with Gasteiger partial charge in [0, 0.05) is 24.5 Å². The van der Waals surface area contributed by atoms with E-state index in [-0.39, 0.29) is 34.4 Å². The molecule has 38 heavy (non-hydrogen) atoms. The topological polar surface area (TPSA) is 53.2 Å². The van der Waals surface area contributed by atoms with Crippen LogP contribution in [0.2, 0.25) is 0 Å². The van der Waals surface area contributed by atoms with Gasteiger partial charge in [-0.25, -0.2) is 0 Å². The standard InChI is InChI=1S/C26H37F5N2O3S2/c1-19(2)18-26(5,20(3)4)24(35)36-17-9-7-6-8-15-33-23(34)14-16-32(25(33)37)21-10-12-22(13-11-21)38(27,28,29,30)31/h10-14,16,19-20H,6-9,15,17-18H2,1-5H3. The molecule has 1 heterocycles. The summed E-state index contributed by atoms with van der Waals surface area (Å²) >= 11 is 5.35. The third-order valence-electron chi connectivity index (χ3n) is 6.71. The predicted molar refractivity (Wildman–Crippen MR) is 144 cm³/mol. The summed E-state index contributed by atoms with van der Waals surface area (Å²) in [5.74, 6) is 0.335. The summed E-state index contributed by atoms with van der Waals surface area (Å²) in [6.45, 7) is 10.7. The maximum Gasteiger partial charge on any atom is 0.312 e. The van der Waals surface area contributed by atoms with Crippen molar-refractivity contribution < 1.29 is 29.0 Å². The molecule has 0 N–H and O–H groups in total. The second-order valence-electron chi connectivity index (χ2n) is 10.6. The molecule has 0 amide bonds. The first-order chi connectivity index (χ1) is 17.3. The molecule has 0 saturated heterocycles. The molecule has 0 fully saturated rings. The van der Waals surface area contributed by atoms with Crippen LogP contribution in [0.1, 0.15) is 66.7 Å². The van der Waals surface area contributed by atoms with Crippen LogP contribution in [-0.2, 0) is 16.1 Å². The van der Waals surface area contributed by atoms with Crippen molar-refractivity contribution in [3.05, 3.63) is 51.7 Å². The van der Waals surface area contributed by atoms with Crippen molar-refractivity contribution in [3.8, 4) is 5.69 Å². The van der Waals surface area contributed by atoms with Crippen molar-refractivity contribution >= 4 is 28.4 Å². The third kappa shape index (κ3) is 8.39. The first-order valence-corrected chi connectivity index (χ1v) is 15.0. The van der Waals surface area contributed by atoms with Crippen LogP contribution in [0, 0.1) is 22.0 Å².